The molecule has 0 amide bonds. The Kier molecular flexibility index (Phi) is 5.43. The molecule has 0 saturated heterocycles. The molecule has 0 spiro atoms. The van der Waals surface area contributed by atoms with Crippen molar-refractivity contribution < 1.29 is 9.47 Å². The lowest BCUT2D eigenvalue weighted by atomic mass is 10.2. The van der Waals surface area contributed by atoms with Crippen molar-refractivity contribution in [3.05, 3.63) is 57.9 Å². The summed E-state index contributed by atoms with van der Waals surface area (Å²) in [7, 11) is 5.12. The highest BCUT2D eigenvalue weighted by atomic mass is 16.5. The lowest BCUT2D eigenvalue weighted by molar-refractivity contribution is 0.278. The van der Waals surface area contributed by atoms with Gasteiger partial charge < -0.3 is 14.8 Å². The second-order valence-electron chi connectivity index (χ2n) is 7.65. The summed E-state index contributed by atoms with van der Waals surface area (Å²) in [6.07, 6.45) is 4.70. The summed E-state index contributed by atoms with van der Waals surface area (Å²) in [4.78, 5) is 16.9. The maximum absolute atomic E-state index is 12.4. The third-order valence-electron chi connectivity index (χ3n) is 5.34. The summed E-state index contributed by atoms with van der Waals surface area (Å²) in [6, 6.07) is 5.58. The molecule has 1 saturated carbocycles. The number of nitrogens with one attached hydrogen (secondary N) is 1. The van der Waals surface area contributed by atoms with E-state index in [1.54, 1.807) is 31.1 Å². The molecule has 9 heteroatoms. The molecule has 0 unspecified atom stereocenters. The molecule has 0 aromatic carbocycles. The quantitative estimate of drug-likeness (QED) is 0.607. The van der Waals surface area contributed by atoms with E-state index in [0.717, 1.165) is 29.1 Å². The molecule has 0 bridgehead atoms. The summed E-state index contributed by atoms with van der Waals surface area (Å²) in [6.45, 7) is 2.98. The van der Waals surface area contributed by atoms with Crippen molar-refractivity contribution in [3.8, 4) is 11.6 Å². The minimum Gasteiger partial charge on any atom is -0.495 e. The molecule has 3 aromatic heterocycles. The molecule has 158 valence electrons. The van der Waals surface area contributed by atoms with Crippen LogP contribution in [-0.2, 0) is 20.6 Å². The van der Waals surface area contributed by atoms with Crippen LogP contribution >= 0.6 is 0 Å². The van der Waals surface area contributed by atoms with Gasteiger partial charge in [-0.05, 0) is 31.0 Å². The molecule has 30 heavy (non-hydrogen) atoms. The second kappa shape index (κ2) is 8.17. The van der Waals surface area contributed by atoms with E-state index < -0.39 is 0 Å². The number of pyridine rings is 1. The van der Waals surface area contributed by atoms with Crippen LogP contribution in [0.1, 0.15) is 29.3 Å². The predicted molar refractivity (Wildman–Crippen MR) is 112 cm³/mol. The van der Waals surface area contributed by atoms with Gasteiger partial charge in [-0.3, -0.25) is 14.5 Å². The lowest BCUT2D eigenvalue weighted by Gasteiger charge is -2.10. The van der Waals surface area contributed by atoms with Gasteiger partial charge in [0.2, 0.25) is 5.88 Å². The Labute approximate surface area is 174 Å². The molecule has 1 aliphatic carbocycles. The number of aromatic nitrogens is 5. The monoisotopic (exact) mass is 410 g/mol. The first-order valence-corrected chi connectivity index (χ1v) is 9.88. The van der Waals surface area contributed by atoms with Gasteiger partial charge in [-0.1, -0.05) is 0 Å². The van der Waals surface area contributed by atoms with E-state index in [1.165, 1.54) is 4.68 Å². The highest BCUT2D eigenvalue weighted by molar-refractivity contribution is 5.44. The Hall–Kier alpha value is -3.36. The van der Waals surface area contributed by atoms with E-state index in [2.05, 4.69) is 20.5 Å². The van der Waals surface area contributed by atoms with E-state index in [-0.39, 0.29) is 5.56 Å². The van der Waals surface area contributed by atoms with Crippen molar-refractivity contribution in [2.45, 2.75) is 25.8 Å². The zero-order chi connectivity index (χ0) is 21.3. The molecule has 2 atom stereocenters. The molecule has 0 aliphatic heterocycles. The normalized spacial score (nSPS) is 17.6. The molecule has 1 N–H and O–H groups in total. The number of nitrogens with zero attached hydrogens (tertiary/aromatic N) is 5. The first-order chi connectivity index (χ1) is 14.4. The maximum Gasteiger partial charge on any atom is 0.290 e. The van der Waals surface area contributed by atoms with Crippen LogP contribution in [0.25, 0.3) is 0 Å². The topological polar surface area (TPSA) is 96.1 Å². The summed E-state index contributed by atoms with van der Waals surface area (Å²) in [5.41, 5.74) is 3.25. The number of methoxy groups -OCH3 is 1. The van der Waals surface area contributed by atoms with Crippen LogP contribution in [0.5, 0.6) is 11.6 Å². The fourth-order valence-electron chi connectivity index (χ4n) is 3.50. The average molecular weight is 410 g/mol. The molecule has 9 nitrogen and oxygen atoms in total. The zero-order valence-electron chi connectivity index (χ0n) is 17.6. The Morgan fingerprint density at radius 2 is 2.10 bits per heavy atom. The van der Waals surface area contributed by atoms with Crippen molar-refractivity contribution in [1.29, 1.82) is 0 Å². The van der Waals surface area contributed by atoms with Crippen LogP contribution < -0.4 is 20.3 Å². The third-order valence-corrected chi connectivity index (χ3v) is 5.34. The predicted octanol–water partition coefficient (Wildman–Crippen LogP) is 2.02. The molecular weight excluding hydrogens is 384 g/mol. The summed E-state index contributed by atoms with van der Waals surface area (Å²) < 4.78 is 14.1. The van der Waals surface area contributed by atoms with Gasteiger partial charge in [0.15, 0.2) is 0 Å². The number of ether oxygens (including phenoxy) is 2. The van der Waals surface area contributed by atoms with Crippen LogP contribution in [0.3, 0.4) is 0 Å². The number of aryl methyl sites for hydroxylation is 3. The fourth-order valence-corrected chi connectivity index (χ4v) is 3.50. The molecule has 3 heterocycles. The van der Waals surface area contributed by atoms with Crippen LogP contribution in [-0.4, -0.2) is 38.3 Å². The van der Waals surface area contributed by atoms with Crippen LogP contribution in [0.15, 0.2) is 35.4 Å². The highest BCUT2D eigenvalue weighted by Gasteiger charge is 2.40. The molecular formula is C21H26N6O3. The maximum atomic E-state index is 12.4. The van der Waals surface area contributed by atoms with E-state index >= 15 is 0 Å². The van der Waals surface area contributed by atoms with Crippen molar-refractivity contribution in [2.75, 3.05) is 19.0 Å². The van der Waals surface area contributed by atoms with E-state index in [4.69, 9.17) is 9.47 Å². The zero-order valence-corrected chi connectivity index (χ0v) is 17.6. The molecule has 3 aromatic rings. The minimum absolute atomic E-state index is 0.206. The third kappa shape index (κ3) is 4.29. The minimum atomic E-state index is -0.206. The van der Waals surface area contributed by atoms with E-state index in [1.807, 2.05) is 32.3 Å². The largest absolute Gasteiger partial charge is 0.495 e. The summed E-state index contributed by atoms with van der Waals surface area (Å²) in [5.74, 6) is 1.94. The first kappa shape index (κ1) is 19.9. The van der Waals surface area contributed by atoms with Crippen molar-refractivity contribution in [3.63, 3.8) is 0 Å². The smallest absolute Gasteiger partial charge is 0.290 e. The van der Waals surface area contributed by atoms with Gasteiger partial charge in [0.25, 0.3) is 5.56 Å². The van der Waals surface area contributed by atoms with E-state index in [9.17, 15) is 4.79 Å². The number of rotatable bonds is 8. The lowest BCUT2D eigenvalue weighted by Crippen LogP contribution is -2.24. The van der Waals surface area contributed by atoms with Crippen LogP contribution in [0.4, 0.5) is 5.69 Å². The van der Waals surface area contributed by atoms with Gasteiger partial charge in [-0.2, -0.15) is 5.10 Å². The molecule has 4 rings (SSSR count). The van der Waals surface area contributed by atoms with Crippen LogP contribution in [0.2, 0.25) is 0 Å². The Morgan fingerprint density at radius 1 is 1.27 bits per heavy atom. The van der Waals surface area contributed by atoms with Gasteiger partial charge in [0, 0.05) is 43.9 Å². The molecule has 1 aliphatic rings. The van der Waals surface area contributed by atoms with Crippen molar-refractivity contribution >= 4 is 5.69 Å². The van der Waals surface area contributed by atoms with Gasteiger partial charge in [-0.15, -0.1) is 5.10 Å². The summed E-state index contributed by atoms with van der Waals surface area (Å²) >= 11 is 0. The van der Waals surface area contributed by atoms with Crippen LogP contribution in [0, 0.1) is 12.8 Å². The van der Waals surface area contributed by atoms with Crippen molar-refractivity contribution in [1.82, 2.24) is 24.5 Å². The van der Waals surface area contributed by atoms with Gasteiger partial charge >= 0.3 is 0 Å². The Morgan fingerprint density at radius 3 is 2.77 bits per heavy atom. The number of hydrogen-bond acceptors (Lipinski definition) is 7. The standard InChI is InChI=1S/C21H26N6O3/c1-13-11-26(2)24-19(13)10-23-18-8-20(25-27(3)21(18)28)30-12-14-7-16(14)17-6-5-15(29-4)9-22-17/h5-6,8-9,11,14,16,23H,7,10,12H2,1-4H3/t14-,16+/m1/s1. The molecule has 0 radical (unpaired) electrons. The SMILES string of the molecule is COc1ccc([C@H]2C[C@@H]2COc2cc(NCc3nn(C)cc3C)c(=O)n(C)n2)nc1. The number of anilines is 1. The van der Waals surface area contributed by atoms with Gasteiger partial charge in [0.05, 0.1) is 32.2 Å². The first-order valence-electron chi connectivity index (χ1n) is 9.88. The fraction of sp³-hybridized carbons (Fsp3) is 0.429. The van der Waals surface area contributed by atoms with E-state index in [0.29, 0.717) is 36.6 Å². The van der Waals surface area contributed by atoms with Gasteiger partial charge in [0.1, 0.15) is 11.4 Å². The van der Waals surface area contributed by atoms with Gasteiger partial charge in [-0.25, -0.2) is 4.68 Å². The Balaban J connectivity index is 1.37. The second-order valence-corrected chi connectivity index (χ2v) is 7.65. The molecule has 1 fully saturated rings. The summed E-state index contributed by atoms with van der Waals surface area (Å²) in [5, 5.41) is 11.8. The average Bonchev–Trinajstić information content (AvgIpc) is 3.44. The number of hydrogen-bond donors (Lipinski definition) is 1. The highest BCUT2D eigenvalue weighted by Crippen LogP contribution is 2.46. The van der Waals surface area contributed by atoms with Crippen molar-refractivity contribution in [2.24, 2.45) is 20.0 Å². The Bertz CT molecular complexity index is 1090.